The van der Waals surface area contributed by atoms with Crippen molar-refractivity contribution in [3.05, 3.63) is 24.3 Å². The number of aliphatic hydroxyl groups is 2. The molecular formula is C22H43NO2. The van der Waals surface area contributed by atoms with Gasteiger partial charge in [0.15, 0.2) is 0 Å². The monoisotopic (exact) mass is 353 g/mol. The Bertz CT molecular complexity index is 296. The van der Waals surface area contributed by atoms with Crippen LogP contribution in [-0.2, 0) is 0 Å². The minimum atomic E-state index is 0.183. The summed E-state index contributed by atoms with van der Waals surface area (Å²) in [5.74, 6) is 0. The molecule has 148 valence electrons. The molecule has 2 N–H and O–H groups in total. The molecule has 0 aromatic heterocycles. The van der Waals surface area contributed by atoms with Gasteiger partial charge in [0.05, 0.1) is 13.2 Å². The largest absolute Gasteiger partial charge is 0.395 e. The molecule has 0 aromatic rings. The van der Waals surface area contributed by atoms with Gasteiger partial charge in [-0.25, -0.2) is 0 Å². The van der Waals surface area contributed by atoms with Crippen molar-refractivity contribution < 1.29 is 10.2 Å². The summed E-state index contributed by atoms with van der Waals surface area (Å²) in [6, 6.07) is 0. The molecule has 0 rings (SSSR count). The molecule has 25 heavy (non-hydrogen) atoms. The van der Waals surface area contributed by atoms with E-state index in [-0.39, 0.29) is 13.2 Å². The van der Waals surface area contributed by atoms with Gasteiger partial charge in [-0.1, -0.05) is 69.8 Å². The van der Waals surface area contributed by atoms with Crippen LogP contribution in [0.2, 0.25) is 0 Å². The van der Waals surface area contributed by atoms with E-state index in [4.69, 9.17) is 10.2 Å². The Morgan fingerprint density at radius 1 is 0.600 bits per heavy atom. The Labute approximate surface area is 156 Å². The highest BCUT2D eigenvalue weighted by Crippen LogP contribution is 2.08. The molecule has 0 atom stereocenters. The van der Waals surface area contributed by atoms with E-state index in [0.717, 1.165) is 13.0 Å². The minimum Gasteiger partial charge on any atom is -0.395 e. The zero-order chi connectivity index (χ0) is 18.4. The van der Waals surface area contributed by atoms with Crippen LogP contribution < -0.4 is 0 Å². The highest BCUT2D eigenvalue weighted by Gasteiger charge is 2.02. The Balaban J connectivity index is 3.31. The predicted molar refractivity (Wildman–Crippen MR) is 110 cm³/mol. The predicted octanol–water partition coefficient (Wildman–Crippen LogP) is 5.09. The molecule has 3 nitrogen and oxygen atoms in total. The maximum atomic E-state index is 8.97. The maximum Gasteiger partial charge on any atom is 0.0558 e. The van der Waals surface area contributed by atoms with Gasteiger partial charge >= 0.3 is 0 Å². The minimum absolute atomic E-state index is 0.183. The number of hydrogen-bond acceptors (Lipinski definition) is 3. The quantitative estimate of drug-likeness (QED) is 0.251. The molecule has 0 spiro atoms. The second kappa shape index (κ2) is 21.4. The van der Waals surface area contributed by atoms with Gasteiger partial charge < -0.3 is 10.2 Å². The highest BCUT2D eigenvalue weighted by atomic mass is 16.3. The van der Waals surface area contributed by atoms with Crippen molar-refractivity contribution >= 4 is 0 Å². The van der Waals surface area contributed by atoms with Gasteiger partial charge in [-0.2, -0.15) is 0 Å². The van der Waals surface area contributed by atoms with Crippen LogP contribution in [0.3, 0.4) is 0 Å². The van der Waals surface area contributed by atoms with E-state index in [0.29, 0.717) is 13.1 Å². The second-order valence-electron chi connectivity index (χ2n) is 6.87. The zero-order valence-corrected chi connectivity index (χ0v) is 16.7. The molecule has 0 saturated heterocycles. The van der Waals surface area contributed by atoms with E-state index < -0.39 is 0 Å². The molecular weight excluding hydrogens is 310 g/mol. The lowest BCUT2D eigenvalue weighted by Crippen LogP contribution is -2.30. The topological polar surface area (TPSA) is 43.7 Å². The lowest BCUT2D eigenvalue weighted by atomic mass is 10.1. The average Bonchev–Trinajstić information content (AvgIpc) is 2.61. The highest BCUT2D eigenvalue weighted by molar-refractivity contribution is 4.92. The second-order valence-corrected chi connectivity index (χ2v) is 6.87. The van der Waals surface area contributed by atoms with E-state index in [1.54, 1.807) is 0 Å². The fourth-order valence-corrected chi connectivity index (χ4v) is 2.94. The summed E-state index contributed by atoms with van der Waals surface area (Å²) in [6.45, 7) is 4.97. The first-order valence-electron chi connectivity index (χ1n) is 10.6. The molecule has 0 radical (unpaired) electrons. The number of unbranched alkanes of at least 4 members (excludes halogenated alkanes) is 9. The SMILES string of the molecule is CCCCC/C=C/C/C=C/CCCCCCCCN(CCO)CCO. The zero-order valence-electron chi connectivity index (χ0n) is 16.7. The van der Waals surface area contributed by atoms with Crippen LogP contribution in [-0.4, -0.2) is 48.0 Å². The Kier molecular flexibility index (Phi) is 20.9. The third-order valence-electron chi connectivity index (χ3n) is 4.51. The van der Waals surface area contributed by atoms with E-state index in [1.807, 2.05) is 0 Å². The van der Waals surface area contributed by atoms with Crippen LogP contribution in [0.1, 0.15) is 84.0 Å². The third kappa shape index (κ3) is 19.5. The van der Waals surface area contributed by atoms with E-state index in [2.05, 4.69) is 36.1 Å². The number of nitrogens with zero attached hydrogens (tertiary/aromatic N) is 1. The number of rotatable bonds is 19. The van der Waals surface area contributed by atoms with Gasteiger partial charge in [-0.15, -0.1) is 0 Å². The standard InChI is InChI=1S/C22H43NO2/c1-2-3-4-5-6-7-8-9-10-11-12-13-14-15-16-17-18-23(19-21-24)20-22-25/h6-7,9-10,24-25H,2-5,8,11-22H2,1H3/b7-6+,10-9+. The van der Waals surface area contributed by atoms with Crippen LogP contribution in [0.25, 0.3) is 0 Å². The number of aliphatic hydroxyl groups excluding tert-OH is 2. The van der Waals surface area contributed by atoms with Crippen molar-refractivity contribution in [2.75, 3.05) is 32.8 Å². The van der Waals surface area contributed by atoms with Crippen LogP contribution in [0.4, 0.5) is 0 Å². The van der Waals surface area contributed by atoms with Crippen molar-refractivity contribution in [3.8, 4) is 0 Å². The molecule has 0 aliphatic heterocycles. The first-order valence-corrected chi connectivity index (χ1v) is 10.6. The molecule has 0 saturated carbocycles. The normalized spacial score (nSPS) is 12.2. The summed E-state index contributed by atoms with van der Waals surface area (Å²) >= 11 is 0. The van der Waals surface area contributed by atoms with Gasteiger partial charge in [0, 0.05) is 13.1 Å². The van der Waals surface area contributed by atoms with Gasteiger partial charge in [0.2, 0.25) is 0 Å². The van der Waals surface area contributed by atoms with Crippen molar-refractivity contribution in [1.82, 2.24) is 4.90 Å². The Morgan fingerprint density at radius 2 is 1.12 bits per heavy atom. The molecule has 0 aliphatic carbocycles. The summed E-state index contributed by atoms with van der Waals surface area (Å²) in [6.07, 6.45) is 24.5. The molecule has 0 unspecified atom stereocenters. The fraction of sp³-hybridized carbons (Fsp3) is 0.818. The van der Waals surface area contributed by atoms with Gasteiger partial charge in [0.1, 0.15) is 0 Å². The van der Waals surface area contributed by atoms with E-state index in [9.17, 15) is 0 Å². The molecule has 0 aromatic carbocycles. The van der Waals surface area contributed by atoms with Crippen molar-refractivity contribution in [1.29, 1.82) is 0 Å². The average molecular weight is 354 g/mol. The third-order valence-corrected chi connectivity index (χ3v) is 4.51. The van der Waals surface area contributed by atoms with E-state index >= 15 is 0 Å². The van der Waals surface area contributed by atoms with Gasteiger partial charge in [-0.05, 0) is 45.1 Å². The van der Waals surface area contributed by atoms with Crippen LogP contribution in [0, 0.1) is 0 Å². The lowest BCUT2D eigenvalue weighted by molar-refractivity contribution is 0.159. The number of allylic oxidation sites excluding steroid dienone is 4. The summed E-state index contributed by atoms with van der Waals surface area (Å²) in [5.41, 5.74) is 0. The first-order chi connectivity index (χ1) is 12.3. The van der Waals surface area contributed by atoms with Crippen molar-refractivity contribution in [2.45, 2.75) is 84.0 Å². The lowest BCUT2D eigenvalue weighted by Gasteiger charge is -2.19. The van der Waals surface area contributed by atoms with Crippen LogP contribution in [0.15, 0.2) is 24.3 Å². The maximum absolute atomic E-state index is 8.97. The number of hydrogen-bond donors (Lipinski definition) is 2. The first kappa shape index (κ1) is 24.4. The van der Waals surface area contributed by atoms with Crippen LogP contribution >= 0.6 is 0 Å². The summed E-state index contributed by atoms with van der Waals surface area (Å²) < 4.78 is 0. The molecule has 0 fully saturated rings. The molecule has 3 heteroatoms. The van der Waals surface area contributed by atoms with Crippen molar-refractivity contribution in [2.24, 2.45) is 0 Å². The van der Waals surface area contributed by atoms with E-state index in [1.165, 1.54) is 70.6 Å². The molecule has 0 aliphatic rings. The Morgan fingerprint density at radius 3 is 1.68 bits per heavy atom. The van der Waals surface area contributed by atoms with Gasteiger partial charge in [-0.3, -0.25) is 4.90 Å². The molecule has 0 bridgehead atoms. The smallest absolute Gasteiger partial charge is 0.0558 e. The fourth-order valence-electron chi connectivity index (χ4n) is 2.94. The van der Waals surface area contributed by atoms with Crippen molar-refractivity contribution in [3.63, 3.8) is 0 Å². The molecule has 0 heterocycles. The summed E-state index contributed by atoms with van der Waals surface area (Å²) in [5, 5.41) is 17.9. The Hall–Kier alpha value is -0.640. The molecule has 0 amide bonds. The summed E-state index contributed by atoms with van der Waals surface area (Å²) in [4.78, 5) is 2.14. The van der Waals surface area contributed by atoms with Crippen LogP contribution in [0.5, 0.6) is 0 Å². The summed E-state index contributed by atoms with van der Waals surface area (Å²) in [7, 11) is 0. The van der Waals surface area contributed by atoms with Gasteiger partial charge in [0.25, 0.3) is 0 Å².